The van der Waals surface area contributed by atoms with Gasteiger partial charge in [-0.05, 0) is 43.2 Å². The van der Waals surface area contributed by atoms with Gasteiger partial charge in [-0.1, -0.05) is 6.07 Å². The van der Waals surface area contributed by atoms with Crippen LogP contribution in [0.1, 0.15) is 11.1 Å². The molecular formula is C14H14N4. The Morgan fingerprint density at radius 2 is 2.00 bits per heavy atom. The fraction of sp³-hybridized carbons (Fsp3) is 0.143. The first-order chi connectivity index (χ1) is 8.74. The first-order valence-corrected chi connectivity index (χ1v) is 5.86. The highest BCUT2D eigenvalue weighted by Gasteiger charge is 2.04. The lowest BCUT2D eigenvalue weighted by atomic mass is 10.1. The van der Waals surface area contributed by atoms with Gasteiger partial charge in [0.05, 0.1) is 17.6 Å². The maximum absolute atomic E-state index is 4.38. The molecule has 0 radical (unpaired) electrons. The van der Waals surface area contributed by atoms with Crippen LogP contribution in [-0.4, -0.2) is 20.0 Å². The van der Waals surface area contributed by atoms with Gasteiger partial charge in [0.2, 0.25) is 0 Å². The molecule has 4 heteroatoms. The lowest BCUT2D eigenvalue weighted by Gasteiger charge is -2.04. The molecule has 2 aromatic heterocycles. The number of hydrogen-bond donors (Lipinski definition) is 1. The van der Waals surface area contributed by atoms with Gasteiger partial charge in [-0.2, -0.15) is 10.2 Å². The molecule has 3 rings (SSSR count). The van der Waals surface area contributed by atoms with Crippen molar-refractivity contribution in [1.82, 2.24) is 20.0 Å². The summed E-state index contributed by atoms with van der Waals surface area (Å²) in [4.78, 5) is 0. The summed E-state index contributed by atoms with van der Waals surface area (Å²) in [6.45, 7) is 4.22. The van der Waals surface area contributed by atoms with Crippen LogP contribution in [0.15, 0.2) is 42.9 Å². The molecule has 0 bridgehead atoms. The number of aryl methyl sites for hydroxylation is 2. The van der Waals surface area contributed by atoms with E-state index in [0.29, 0.717) is 0 Å². The van der Waals surface area contributed by atoms with Crippen molar-refractivity contribution in [3.8, 4) is 16.9 Å². The Labute approximate surface area is 105 Å². The van der Waals surface area contributed by atoms with Gasteiger partial charge in [0.15, 0.2) is 0 Å². The van der Waals surface area contributed by atoms with E-state index < -0.39 is 0 Å². The Kier molecular flexibility index (Phi) is 2.48. The van der Waals surface area contributed by atoms with Crippen molar-refractivity contribution in [3.05, 3.63) is 54.0 Å². The topological polar surface area (TPSA) is 46.5 Å². The normalized spacial score (nSPS) is 10.8. The van der Waals surface area contributed by atoms with Crippen molar-refractivity contribution >= 4 is 0 Å². The molecule has 0 aliphatic heterocycles. The molecule has 4 nitrogen and oxygen atoms in total. The van der Waals surface area contributed by atoms with E-state index in [1.165, 1.54) is 11.1 Å². The number of benzene rings is 1. The number of aromatic amines is 1. The van der Waals surface area contributed by atoms with Crippen molar-refractivity contribution in [2.75, 3.05) is 0 Å². The average molecular weight is 238 g/mol. The summed E-state index contributed by atoms with van der Waals surface area (Å²) in [6.07, 6.45) is 5.57. The van der Waals surface area contributed by atoms with Crippen LogP contribution in [0, 0.1) is 13.8 Å². The molecule has 0 unspecified atom stereocenters. The second kappa shape index (κ2) is 4.14. The number of rotatable bonds is 2. The summed E-state index contributed by atoms with van der Waals surface area (Å²) < 4.78 is 1.88. The molecule has 0 aliphatic rings. The van der Waals surface area contributed by atoms with E-state index in [-0.39, 0.29) is 0 Å². The average Bonchev–Trinajstić information content (AvgIpc) is 3.01. The third-order valence-corrected chi connectivity index (χ3v) is 3.15. The number of aromatic nitrogens is 4. The Morgan fingerprint density at radius 1 is 1.11 bits per heavy atom. The van der Waals surface area contributed by atoms with Crippen LogP contribution in [0.4, 0.5) is 0 Å². The van der Waals surface area contributed by atoms with Crippen LogP contribution >= 0.6 is 0 Å². The molecular weight excluding hydrogens is 224 g/mol. The summed E-state index contributed by atoms with van der Waals surface area (Å²) in [5.74, 6) is 0. The molecule has 0 spiro atoms. The Bertz CT molecular complexity index is 665. The van der Waals surface area contributed by atoms with Crippen LogP contribution in [0.25, 0.3) is 16.9 Å². The fourth-order valence-corrected chi connectivity index (χ4v) is 1.89. The van der Waals surface area contributed by atoms with E-state index in [1.807, 2.05) is 23.1 Å². The first kappa shape index (κ1) is 10.8. The second-order valence-electron chi connectivity index (χ2n) is 4.41. The molecule has 18 heavy (non-hydrogen) atoms. The molecule has 0 saturated heterocycles. The van der Waals surface area contributed by atoms with Gasteiger partial charge in [-0.25, -0.2) is 4.68 Å². The number of nitrogens with one attached hydrogen (secondary N) is 1. The fourth-order valence-electron chi connectivity index (χ4n) is 1.89. The van der Waals surface area contributed by atoms with Gasteiger partial charge in [-0.3, -0.25) is 5.10 Å². The zero-order valence-corrected chi connectivity index (χ0v) is 10.4. The maximum atomic E-state index is 4.38. The zero-order chi connectivity index (χ0) is 12.5. The highest BCUT2D eigenvalue weighted by molar-refractivity contribution is 5.57. The van der Waals surface area contributed by atoms with Gasteiger partial charge < -0.3 is 0 Å². The second-order valence-corrected chi connectivity index (χ2v) is 4.41. The predicted octanol–water partition coefficient (Wildman–Crippen LogP) is 2.88. The monoisotopic (exact) mass is 238 g/mol. The van der Waals surface area contributed by atoms with Crippen molar-refractivity contribution in [1.29, 1.82) is 0 Å². The van der Waals surface area contributed by atoms with Gasteiger partial charge in [-0.15, -0.1) is 0 Å². The maximum Gasteiger partial charge on any atom is 0.0681 e. The Balaban J connectivity index is 2.00. The molecule has 3 aromatic rings. The highest BCUT2D eigenvalue weighted by atomic mass is 15.3. The van der Waals surface area contributed by atoms with Crippen LogP contribution in [0.3, 0.4) is 0 Å². The van der Waals surface area contributed by atoms with E-state index in [2.05, 4.69) is 47.3 Å². The van der Waals surface area contributed by atoms with Crippen molar-refractivity contribution in [3.63, 3.8) is 0 Å². The quantitative estimate of drug-likeness (QED) is 0.746. The lowest BCUT2D eigenvalue weighted by Crippen LogP contribution is -1.95. The molecule has 0 aliphatic carbocycles. The minimum Gasteiger partial charge on any atom is -0.278 e. The summed E-state index contributed by atoms with van der Waals surface area (Å²) in [5.41, 5.74) is 5.64. The molecule has 0 fully saturated rings. The lowest BCUT2D eigenvalue weighted by molar-refractivity contribution is 0.878. The molecule has 0 saturated carbocycles. The van der Waals surface area contributed by atoms with E-state index >= 15 is 0 Å². The van der Waals surface area contributed by atoms with Crippen LogP contribution in [-0.2, 0) is 0 Å². The smallest absolute Gasteiger partial charge is 0.0681 e. The van der Waals surface area contributed by atoms with Crippen molar-refractivity contribution in [2.45, 2.75) is 13.8 Å². The zero-order valence-electron chi connectivity index (χ0n) is 10.4. The van der Waals surface area contributed by atoms with Crippen LogP contribution in [0.2, 0.25) is 0 Å². The van der Waals surface area contributed by atoms with Gasteiger partial charge >= 0.3 is 0 Å². The van der Waals surface area contributed by atoms with Gasteiger partial charge in [0.25, 0.3) is 0 Å². The largest absolute Gasteiger partial charge is 0.278 e. The standard InChI is InChI=1S/C14H14N4/c1-10-3-4-13(7-11(10)2)18-9-12(8-16-18)14-5-6-15-17-14/h3-9H,1-2H3,(H,15,17). The predicted molar refractivity (Wildman–Crippen MR) is 70.6 cm³/mol. The Hall–Kier alpha value is -2.36. The third-order valence-electron chi connectivity index (χ3n) is 3.15. The van der Waals surface area contributed by atoms with E-state index in [1.54, 1.807) is 6.20 Å². The molecule has 1 aromatic carbocycles. The number of hydrogen-bond acceptors (Lipinski definition) is 2. The summed E-state index contributed by atoms with van der Waals surface area (Å²) in [6, 6.07) is 8.26. The summed E-state index contributed by atoms with van der Waals surface area (Å²) >= 11 is 0. The van der Waals surface area contributed by atoms with E-state index in [0.717, 1.165) is 16.9 Å². The highest BCUT2D eigenvalue weighted by Crippen LogP contribution is 2.18. The molecule has 90 valence electrons. The number of nitrogens with zero attached hydrogens (tertiary/aromatic N) is 3. The summed E-state index contributed by atoms with van der Waals surface area (Å²) in [7, 11) is 0. The molecule has 1 N–H and O–H groups in total. The molecule has 2 heterocycles. The molecule has 0 atom stereocenters. The molecule has 0 amide bonds. The van der Waals surface area contributed by atoms with Crippen LogP contribution < -0.4 is 0 Å². The first-order valence-electron chi connectivity index (χ1n) is 5.86. The van der Waals surface area contributed by atoms with E-state index in [9.17, 15) is 0 Å². The van der Waals surface area contributed by atoms with Crippen molar-refractivity contribution < 1.29 is 0 Å². The van der Waals surface area contributed by atoms with Gasteiger partial charge in [0.1, 0.15) is 0 Å². The van der Waals surface area contributed by atoms with Gasteiger partial charge in [0, 0.05) is 18.0 Å². The SMILES string of the molecule is Cc1ccc(-n2cc(-c3ccn[nH]3)cn2)cc1C. The minimum absolute atomic E-state index is 0.977. The number of H-pyrrole nitrogens is 1. The Morgan fingerprint density at radius 3 is 2.72 bits per heavy atom. The minimum atomic E-state index is 0.977. The van der Waals surface area contributed by atoms with Crippen molar-refractivity contribution in [2.24, 2.45) is 0 Å². The van der Waals surface area contributed by atoms with Crippen LogP contribution in [0.5, 0.6) is 0 Å². The summed E-state index contributed by atoms with van der Waals surface area (Å²) in [5, 5.41) is 11.3. The van der Waals surface area contributed by atoms with E-state index in [4.69, 9.17) is 0 Å². The third kappa shape index (κ3) is 1.82.